The highest BCUT2D eigenvalue weighted by molar-refractivity contribution is 7.07. The summed E-state index contributed by atoms with van der Waals surface area (Å²) in [5, 5.41) is 2.12. The highest BCUT2D eigenvalue weighted by atomic mass is 32.1. The molecule has 0 amide bonds. The van der Waals surface area contributed by atoms with Crippen molar-refractivity contribution in [3.05, 3.63) is 40.3 Å². The minimum atomic E-state index is 0.494. The Hall–Kier alpha value is -1.59. The van der Waals surface area contributed by atoms with Gasteiger partial charge in [0, 0.05) is 30.0 Å². The van der Waals surface area contributed by atoms with Gasteiger partial charge in [-0.15, -0.1) is 11.3 Å². The van der Waals surface area contributed by atoms with E-state index in [1.807, 2.05) is 17.6 Å². The third-order valence-corrected chi connectivity index (χ3v) is 4.65. The highest BCUT2D eigenvalue weighted by Gasteiger charge is 2.27. The summed E-state index contributed by atoms with van der Waals surface area (Å²) in [6.45, 7) is 3.08. The van der Waals surface area contributed by atoms with Crippen LogP contribution in [0.5, 0.6) is 11.5 Å². The van der Waals surface area contributed by atoms with Crippen molar-refractivity contribution < 1.29 is 9.47 Å². The maximum atomic E-state index is 5.57. The van der Waals surface area contributed by atoms with Crippen molar-refractivity contribution in [1.82, 2.24) is 9.88 Å². The molecule has 4 nitrogen and oxygen atoms in total. The number of para-hydroxylation sites is 1. The van der Waals surface area contributed by atoms with Crippen LogP contribution in [0, 0.1) is 0 Å². The lowest BCUT2D eigenvalue weighted by molar-refractivity contribution is 0.320. The lowest BCUT2D eigenvalue weighted by Crippen LogP contribution is -2.20. The number of aromatic nitrogens is 1. The summed E-state index contributed by atoms with van der Waals surface area (Å²) in [6.07, 6.45) is 1.15. The zero-order chi connectivity index (χ0) is 14.7. The van der Waals surface area contributed by atoms with Gasteiger partial charge in [0.25, 0.3) is 0 Å². The predicted molar refractivity (Wildman–Crippen MR) is 84.3 cm³/mol. The molecule has 0 aliphatic carbocycles. The number of thiazole rings is 1. The van der Waals surface area contributed by atoms with Crippen molar-refractivity contribution in [3.63, 3.8) is 0 Å². The number of rotatable bonds is 5. The number of ether oxygens (including phenoxy) is 2. The molecule has 1 aromatic carbocycles. The van der Waals surface area contributed by atoms with Crippen LogP contribution in [0.2, 0.25) is 0 Å². The van der Waals surface area contributed by atoms with E-state index in [1.54, 1.807) is 25.6 Å². The molecule has 0 unspecified atom stereocenters. The number of likely N-dealkylation sites (tertiary alicyclic amines) is 1. The van der Waals surface area contributed by atoms with Gasteiger partial charge in [-0.05, 0) is 19.0 Å². The summed E-state index contributed by atoms with van der Waals surface area (Å²) in [4.78, 5) is 6.83. The number of nitrogens with zero attached hydrogens (tertiary/aromatic N) is 2. The molecule has 0 spiro atoms. The molecule has 5 heteroatoms. The molecule has 1 saturated heterocycles. The standard InChI is InChI=1S/C16H20N2O2S/c1-19-15-5-3-4-14(16(15)20-2)12-6-7-18(8-12)9-13-10-21-11-17-13/h3-5,10-12H,6-9H2,1-2H3/t12-/m1/s1. The van der Waals surface area contributed by atoms with Crippen LogP contribution in [0.1, 0.15) is 23.6 Å². The van der Waals surface area contributed by atoms with Crippen molar-refractivity contribution >= 4 is 11.3 Å². The number of benzene rings is 1. The smallest absolute Gasteiger partial charge is 0.164 e. The van der Waals surface area contributed by atoms with Crippen molar-refractivity contribution in [2.75, 3.05) is 27.3 Å². The van der Waals surface area contributed by atoms with Gasteiger partial charge >= 0.3 is 0 Å². The first-order chi connectivity index (χ1) is 10.3. The van der Waals surface area contributed by atoms with Crippen molar-refractivity contribution in [2.45, 2.75) is 18.9 Å². The topological polar surface area (TPSA) is 34.6 Å². The van der Waals surface area contributed by atoms with Crippen LogP contribution < -0.4 is 9.47 Å². The largest absolute Gasteiger partial charge is 0.493 e. The van der Waals surface area contributed by atoms with E-state index in [4.69, 9.17) is 9.47 Å². The second-order valence-electron chi connectivity index (χ2n) is 5.28. The van der Waals surface area contributed by atoms with E-state index in [1.165, 1.54) is 11.3 Å². The molecule has 1 fully saturated rings. The third kappa shape index (κ3) is 3.04. The normalized spacial score (nSPS) is 18.9. The summed E-state index contributed by atoms with van der Waals surface area (Å²) in [5.41, 5.74) is 4.31. The van der Waals surface area contributed by atoms with Gasteiger partial charge in [-0.25, -0.2) is 4.98 Å². The molecule has 2 heterocycles. The molecule has 2 aromatic rings. The van der Waals surface area contributed by atoms with Crippen LogP contribution in [0.25, 0.3) is 0 Å². The molecule has 0 N–H and O–H groups in total. The molecule has 0 radical (unpaired) electrons. The Bertz CT molecular complexity index is 586. The predicted octanol–water partition coefficient (Wildman–Crippen LogP) is 3.15. The monoisotopic (exact) mass is 304 g/mol. The summed E-state index contributed by atoms with van der Waals surface area (Å²) in [5.74, 6) is 2.18. The highest BCUT2D eigenvalue weighted by Crippen LogP contribution is 2.39. The fraction of sp³-hybridized carbons (Fsp3) is 0.438. The van der Waals surface area contributed by atoms with Gasteiger partial charge in [-0.2, -0.15) is 0 Å². The Balaban J connectivity index is 1.74. The zero-order valence-electron chi connectivity index (χ0n) is 12.4. The average Bonchev–Trinajstić information content (AvgIpc) is 3.18. The zero-order valence-corrected chi connectivity index (χ0v) is 13.2. The van der Waals surface area contributed by atoms with Gasteiger partial charge in [0.05, 0.1) is 25.4 Å². The number of methoxy groups -OCH3 is 2. The fourth-order valence-electron chi connectivity index (χ4n) is 3.01. The molecule has 3 rings (SSSR count). The van der Waals surface area contributed by atoms with E-state index in [0.29, 0.717) is 5.92 Å². The van der Waals surface area contributed by atoms with Crippen molar-refractivity contribution in [1.29, 1.82) is 0 Å². The summed E-state index contributed by atoms with van der Waals surface area (Å²) in [6, 6.07) is 6.14. The summed E-state index contributed by atoms with van der Waals surface area (Å²) in [7, 11) is 3.40. The van der Waals surface area contributed by atoms with E-state index >= 15 is 0 Å². The minimum Gasteiger partial charge on any atom is -0.493 e. The van der Waals surface area contributed by atoms with E-state index in [2.05, 4.69) is 21.3 Å². The van der Waals surface area contributed by atoms with Crippen molar-refractivity contribution in [3.8, 4) is 11.5 Å². The molecule has 0 saturated carbocycles. The Morgan fingerprint density at radius 1 is 1.33 bits per heavy atom. The Labute approximate surface area is 129 Å². The first-order valence-corrected chi connectivity index (χ1v) is 8.06. The Kier molecular flexibility index (Phi) is 4.41. The molecule has 112 valence electrons. The quantitative estimate of drug-likeness (QED) is 0.850. The van der Waals surface area contributed by atoms with Crippen LogP contribution in [0.4, 0.5) is 0 Å². The molecular weight excluding hydrogens is 284 g/mol. The lowest BCUT2D eigenvalue weighted by Gasteiger charge is -2.18. The maximum absolute atomic E-state index is 5.57. The lowest BCUT2D eigenvalue weighted by atomic mass is 9.97. The van der Waals surface area contributed by atoms with Gasteiger partial charge in [0.2, 0.25) is 0 Å². The van der Waals surface area contributed by atoms with Crippen LogP contribution in [0.3, 0.4) is 0 Å². The maximum Gasteiger partial charge on any atom is 0.164 e. The van der Waals surface area contributed by atoms with Gasteiger partial charge in [0.1, 0.15) is 0 Å². The van der Waals surface area contributed by atoms with E-state index in [9.17, 15) is 0 Å². The Morgan fingerprint density at radius 2 is 2.24 bits per heavy atom. The van der Waals surface area contributed by atoms with E-state index in [0.717, 1.165) is 37.6 Å². The SMILES string of the molecule is COc1cccc([C@@H]2CCN(Cc3cscn3)C2)c1OC. The van der Waals surface area contributed by atoms with E-state index < -0.39 is 0 Å². The molecule has 1 aliphatic heterocycles. The van der Waals surface area contributed by atoms with Crippen LogP contribution >= 0.6 is 11.3 Å². The fourth-order valence-corrected chi connectivity index (χ4v) is 3.56. The van der Waals surface area contributed by atoms with Gasteiger partial charge in [-0.1, -0.05) is 12.1 Å². The van der Waals surface area contributed by atoms with Crippen LogP contribution in [0.15, 0.2) is 29.1 Å². The second-order valence-corrected chi connectivity index (χ2v) is 6.00. The second kappa shape index (κ2) is 6.45. The van der Waals surface area contributed by atoms with Crippen LogP contribution in [-0.4, -0.2) is 37.2 Å². The van der Waals surface area contributed by atoms with Crippen LogP contribution in [-0.2, 0) is 6.54 Å². The first kappa shape index (κ1) is 14.4. The molecule has 1 aliphatic rings. The molecule has 0 bridgehead atoms. The molecule has 21 heavy (non-hydrogen) atoms. The summed E-state index contributed by atoms with van der Waals surface area (Å²) >= 11 is 1.66. The first-order valence-electron chi connectivity index (χ1n) is 7.12. The molecule has 1 aromatic heterocycles. The van der Waals surface area contributed by atoms with Gasteiger partial charge in [0.15, 0.2) is 11.5 Å². The number of hydrogen-bond acceptors (Lipinski definition) is 5. The van der Waals surface area contributed by atoms with Gasteiger partial charge in [-0.3, -0.25) is 4.90 Å². The minimum absolute atomic E-state index is 0.494. The summed E-state index contributed by atoms with van der Waals surface area (Å²) < 4.78 is 11.0. The molecular formula is C16H20N2O2S. The van der Waals surface area contributed by atoms with E-state index in [-0.39, 0.29) is 0 Å². The van der Waals surface area contributed by atoms with Crippen molar-refractivity contribution in [2.24, 2.45) is 0 Å². The Morgan fingerprint density at radius 3 is 2.95 bits per heavy atom. The van der Waals surface area contributed by atoms with Gasteiger partial charge < -0.3 is 9.47 Å². The third-order valence-electron chi connectivity index (χ3n) is 4.01. The average molecular weight is 304 g/mol. The molecule has 1 atom stereocenters. The number of hydrogen-bond donors (Lipinski definition) is 0.